The summed E-state index contributed by atoms with van der Waals surface area (Å²) in [6.45, 7) is 5.33. The first-order chi connectivity index (χ1) is 18.2. The van der Waals surface area contributed by atoms with E-state index in [-0.39, 0.29) is 4.90 Å². The average molecular weight is 556 g/mol. The average Bonchev–Trinajstić information content (AvgIpc) is 3.23. The molecular formula is C27H29N3O6S2. The number of rotatable bonds is 10. The first-order valence-electron chi connectivity index (χ1n) is 11.9. The number of thiazole rings is 1. The first kappa shape index (κ1) is 27.4. The Morgan fingerprint density at radius 1 is 1.00 bits per heavy atom. The molecule has 0 aliphatic heterocycles. The molecule has 1 aromatic heterocycles. The number of hydrogen-bond donors (Lipinski definition) is 1. The third-order valence-corrected chi connectivity index (χ3v) is 8.20. The van der Waals surface area contributed by atoms with E-state index in [1.807, 2.05) is 30.5 Å². The lowest BCUT2D eigenvalue weighted by molar-refractivity contribution is 0.0996. The van der Waals surface area contributed by atoms with Gasteiger partial charge in [-0.1, -0.05) is 29.0 Å². The normalized spacial score (nSPS) is 12.1. The summed E-state index contributed by atoms with van der Waals surface area (Å²) in [5.41, 5.74) is 2.48. The molecule has 0 aliphatic rings. The summed E-state index contributed by atoms with van der Waals surface area (Å²) in [5.74, 6) is 0.706. The lowest BCUT2D eigenvalue weighted by Gasteiger charge is -2.09. The topological polar surface area (TPSA) is 108 Å². The number of methoxy groups -OCH3 is 2. The van der Waals surface area contributed by atoms with Gasteiger partial charge in [0.15, 0.2) is 16.3 Å². The molecule has 4 rings (SSSR count). The van der Waals surface area contributed by atoms with Crippen LogP contribution in [0.25, 0.3) is 10.2 Å². The molecule has 3 aromatic carbocycles. The maximum absolute atomic E-state index is 13.1. The molecule has 4 aromatic rings. The lowest BCUT2D eigenvalue weighted by atomic mass is 10.2. The van der Waals surface area contributed by atoms with E-state index in [4.69, 9.17) is 14.2 Å². The van der Waals surface area contributed by atoms with Crippen molar-refractivity contribution in [1.29, 1.82) is 0 Å². The van der Waals surface area contributed by atoms with Crippen molar-refractivity contribution >= 4 is 43.2 Å². The number of anilines is 1. The highest BCUT2D eigenvalue weighted by molar-refractivity contribution is 7.92. The van der Waals surface area contributed by atoms with E-state index in [9.17, 15) is 13.2 Å². The minimum Gasteiger partial charge on any atom is -0.493 e. The highest BCUT2D eigenvalue weighted by atomic mass is 32.2. The Balaban J connectivity index is 1.63. The third-order valence-electron chi connectivity index (χ3n) is 5.76. The van der Waals surface area contributed by atoms with Crippen LogP contribution in [0.3, 0.4) is 0 Å². The second-order valence-corrected chi connectivity index (χ2v) is 11.0. The molecule has 11 heteroatoms. The molecule has 1 N–H and O–H groups in total. The minimum atomic E-state index is -3.75. The molecule has 0 spiro atoms. The zero-order valence-electron chi connectivity index (χ0n) is 21.6. The summed E-state index contributed by atoms with van der Waals surface area (Å²) in [6.07, 6.45) is 0. The Bertz CT molecular complexity index is 1610. The number of carbonyl (C=O) groups is 1. The van der Waals surface area contributed by atoms with Gasteiger partial charge in [0.25, 0.3) is 15.9 Å². The van der Waals surface area contributed by atoms with Crippen LogP contribution in [0, 0.1) is 6.92 Å². The van der Waals surface area contributed by atoms with Crippen LogP contribution in [-0.4, -0.2) is 46.3 Å². The molecule has 0 fully saturated rings. The summed E-state index contributed by atoms with van der Waals surface area (Å²) in [5, 5.41) is 0. The van der Waals surface area contributed by atoms with Crippen molar-refractivity contribution in [3.63, 3.8) is 0 Å². The van der Waals surface area contributed by atoms with Crippen LogP contribution in [-0.2, 0) is 21.3 Å². The quantitative estimate of drug-likeness (QED) is 0.287. The second-order valence-electron chi connectivity index (χ2n) is 8.32. The van der Waals surface area contributed by atoms with Crippen LogP contribution < -0.4 is 19.0 Å². The molecular weight excluding hydrogens is 526 g/mol. The number of ether oxygens (including phenoxy) is 3. The van der Waals surface area contributed by atoms with Gasteiger partial charge in [-0.3, -0.25) is 9.52 Å². The zero-order valence-corrected chi connectivity index (χ0v) is 23.2. The number of aryl methyl sites for hydroxylation is 1. The van der Waals surface area contributed by atoms with Crippen molar-refractivity contribution in [1.82, 2.24) is 4.57 Å². The van der Waals surface area contributed by atoms with Gasteiger partial charge in [-0.15, -0.1) is 0 Å². The van der Waals surface area contributed by atoms with Crippen molar-refractivity contribution in [2.45, 2.75) is 25.3 Å². The molecule has 0 aliphatic carbocycles. The zero-order chi connectivity index (χ0) is 27.3. The van der Waals surface area contributed by atoms with Gasteiger partial charge in [0, 0.05) is 36.5 Å². The van der Waals surface area contributed by atoms with E-state index in [0.717, 1.165) is 15.8 Å². The number of hydrogen-bond acceptors (Lipinski definition) is 7. The fourth-order valence-electron chi connectivity index (χ4n) is 3.76. The summed E-state index contributed by atoms with van der Waals surface area (Å²) < 4.78 is 47.1. The Labute approximate surface area is 225 Å². The highest BCUT2D eigenvalue weighted by Gasteiger charge is 2.16. The van der Waals surface area contributed by atoms with Crippen LogP contribution >= 0.6 is 11.3 Å². The number of sulfonamides is 1. The maximum Gasteiger partial charge on any atom is 0.279 e. The van der Waals surface area contributed by atoms with E-state index in [1.165, 1.54) is 23.5 Å². The lowest BCUT2D eigenvalue weighted by Crippen LogP contribution is -2.19. The summed E-state index contributed by atoms with van der Waals surface area (Å²) in [7, 11) is -0.609. The summed E-state index contributed by atoms with van der Waals surface area (Å²) >= 11 is 1.36. The van der Waals surface area contributed by atoms with Gasteiger partial charge in [-0.2, -0.15) is 4.99 Å². The van der Waals surface area contributed by atoms with Gasteiger partial charge in [-0.05, 0) is 50.2 Å². The highest BCUT2D eigenvalue weighted by Crippen LogP contribution is 2.33. The third kappa shape index (κ3) is 6.07. The number of carbonyl (C=O) groups excluding carboxylic acids is 1. The first-order valence-corrected chi connectivity index (χ1v) is 14.2. The number of benzene rings is 3. The van der Waals surface area contributed by atoms with E-state index in [0.29, 0.717) is 47.3 Å². The van der Waals surface area contributed by atoms with Crippen molar-refractivity contribution in [2.24, 2.45) is 4.99 Å². The van der Waals surface area contributed by atoms with Crippen molar-refractivity contribution in [2.75, 3.05) is 32.2 Å². The predicted octanol–water partition coefficient (Wildman–Crippen LogP) is 4.61. The van der Waals surface area contributed by atoms with E-state index in [2.05, 4.69) is 9.71 Å². The monoisotopic (exact) mass is 555 g/mol. The molecule has 0 atom stereocenters. The van der Waals surface area contributed by atoms with Gasteiger partial charge < -0.3 is 18.8 Å². The number of nitrogens with one attached hydrogen (secondary N) is 1. The SMILES string of the molecule is CCOCCn1c(=NC(=O)c2ccc(NS(=O)(=O)c3ccc(C)cc3)cc2)sc2cc(OC)c(OC)cc21. The molecule has 0 saturated carbocycles. The van der Waals surface area contributed by atoms with Crippen LogP contribution in [0.15, 0.2) is 70.6 Å². The number of aromatic nitrogens is 1. The van der Waals surface area contributed by atoms with Crippen molar-refractivity contribution in [3.8, 4) is 11.5 Å². The Morgan fingerprint density at radius 3 is 2.29 bits per heavy atom. The molecule has 0 unspecified atom stereocenters. The predicted molar refractivity (Wildman–Crippen MR) is 148 cm³/mol. The molecule has 200 valence electrons. The number of fused-ring (bicyclic) bond motifs is 1. The van der Waals surface area contributed by atoms with Crippen LogP contribution in [0.1, 0.15) is 22.8 Å². The van der Waals surface area contributed by atoms with Gasteiger partial charge in [0.05, 0.1) is 35.9 Å². The van der Waals surface area contributed by atoms with Gasteiger partial charge in [-0.25, -0.2) is 8.42 Å². The van der Waals surface area contributed by atoms with Crippen LogP contribution in [0.4, 0.5) is 5.69 Å². The fraction of sp³-hybridized carbons (Fsp3) is 0.259. The molecule has 9 nitrogen and oxygen atoms in total. The number of amides is 1. The van der Waals surface area contributed by atoms with Crippen LogP contribution in [0.2, 0.25) is 0 Å². The minimum absolute atomic E-state index is 0.160. The summed E-state index contributed by atoms with van der Waals surface area (Å²) in [6, 6.07) is 16.4. The smallest absolute Gasteiger partial charge is 0.279 e. The van der Waals surface area contributed by atoms with E-state index in [1.54, 1.807) is 50.6 Å². The molecule has 0 bridgehead atoms. The van der Waals surface area contributed by atoms with E-state index < -0.39 is 15.9 Å². The van der Waals surface area contributed by atoms with Crippen LogP contribution in [0.5, 0.6) is 11.5 Å². The molecule has 1 amide bonds. The van der Waals surface area contributed by atoms with Gasteiger partial charge in [0.1, 0.15) is 0 Å². The number of nitrogens with zero attached hydrogens (tertiary/aromatic N) is 2. The Hall–Kier alpha value is -3.67. The second kappa shape index (κ2) is 11.8. The Morgan fingerprint density at radius 2 is 1.66 bits per heavy atom. The molecule has 38 heavy (non-hydrogen) atoms. The summed E-state index contributed by atoms with van der Waals surface area (Å²) in [4.78, 5) is 18.1. The standard InChI is InChI=1S/C27H29N3O6S2/c1-5-36-15-14-30-22-16-23(34-3)24(35-4)17-25(22)37-27(30)28-26(31)19-8-10-20(11-9-19)29-38(32,33)21-12-6-18(2)7-13-21/h6-13,16-17,29H,5,14-15H2,1-4H3. The van der Waals surface area contributed by atoms with Crippen molar-refractivity contribution in [3.05, 3.63) is 76.6 Å². The largest absolute Gasteiger partial charge is 0.493 e. The van der Waals surface area contributed by atoms with Gasteiger partial charge >= 0.3 is 0 Å². The van der Waals surface area contributed by atoms with Crippen molar-refractivity contribution < 1.29 is 27.4 Å². The maximum atomic E-state index is 13.1. The molecule has 0 saturated heterocycles. The molecule has 1 heterocycles. The Kier molecular flexibility index (Phi) is 8.50. The molecule has 0 radical (unpaired) electrons. The fourth-order valence-corrected chi connectivity index (χ4v) is 5.89. The van der Waals surface area contributed by atoms with E-state index >= 15 is 0 Å². The van der Waals surface area contributed by atoms with Gasteiger partial charge in [0.2, 0.25) is 0 Å².